The Morgan fingerprint density at radius 2 is 1.94 bits per heavy atom. The molecule has 6 nitrogen and oxygen atoms in total. The Morgan fingerprint density at radius 3 is 2.75 bits per heavy atom. The molecule has 0 bridgehead atoms. The van der Waals surface area contributed by atoms with E-state index in [-0.39, 0.29) is 0 Å². The van der Waals surface area contributed by atoms with Crippen LogP contribution >= 0.6 is 11.6 Å². The van der Waals surface area contributed by atoms with E-state index in [9.17, 15) is 0 Å². The number of hydrogen-bond donors (Lipinski definition) is 2. The zero-order valence-electron chi connectivity index (χ0n) is 18.5. The SMILES string of the molecule is CC1=C(Nc2nc(-c3ccccc3Cl)nc(N3CCOCC3)c2C)C2=C(C=CCC2)NC1. The van der Waals surface area contributed by atoms with Gasteiger partial charge >= 0.3 is 0 Å². The first-order valence-corrected chi connectivity index (χ1v) is 11.6. The summed E-state index contributed by atoms with van der Waals surface area (Å²) in [4.78, 5) is 12.2. The summed E-state index contributed by atoms with van der Waals surface area (Å²) in [6.45, 7) is 8.11. The van der Waals surface area contributed by atoms with Gasteiger partial charge in [0.05, 0.1) is 18.2 Å². The quantitative estimate of drug-likeness (QED) is 0.696. The van der Waals surface area contributed by atoms with Crippen LogP contribution in [0.5, 0.6) is 0 Å². The van der Waals surface area contributed by atoms with Gasteiger partial charge < -0.3 is 20.3 Å². The van der Waals surface area contributed by atoms with Crippen LogP contribution in [0.4, 0.5) is 11.6 Å². The van der Waals surface area contributed by atoms with Gasteiger partial charge in [0.15, 0.2) is 5.82 Å². The van der Waals surface area contributed by atoms with Crippen molar-refractivity contribution in [3.05, 3.63) is 69.5 Å². The highest BCUT2D eigenvalue weighted by Gasteiger charge is 2.24. The third-order valence-electron chi connectivity index (χ3n) is 6.23. The maximum Gasteiger partial charge on any atom is 0.165 e. The monoisotopic (exact) mass is 449 g/mol. The molecule has 3 heterocycles. The van der Waals surface area contributed by atoms with Gasteiger partial charge in [-0.3, -0.25) is 0 Å². The molecule has 1 aliphatic carbocycles. The number of halogens is 1. The van der Waals surface area contributed by atoms with Gasteiger partial charge in [0.1, 0.15) is 11.6 Å². The predicted molar refractivity (Wildman–Crippen MR) is 130 cm³/mol. The molecular weight excluding hydrogens is 422 g/mol. The Bertz CT molecular complexity index is 1130. The van der Waals surface area contributed by atoms with Crippen molar-refractivity contribution < 1.29 is 4.74 Å². The minimum absolute atomic E-state index is 0.634. The lowest BCUT2D eigenvalue weighted by Crippen LogP contribution is -2.37. The fourth-order valence-electron chi connectivity index (χ4n) is 4.44. The summed E-state index contributed by atoms with van der Waals surface area (Å²) in [6, 6.07) is 7.75. The second-order valence-corrected chi connectivity index (χ2v) is 8.80. The Labute approximate surface area is 194 Å². The lowest BCUT2D eigenvalue weighted by Gasteiger charge is -2.31. The molecule has 0 spiro atoms. The van der Waals surface area contributed by atoms with E-state index >= 15 is 0 Å². The van der Waals surface area contributed by atoms with E-state index in [0.717, 1.165) is 55.2 Å². The number of benzene rings is 1. The number of aromatic nitrogens is 2. The van der Waals surface area contributed by atoms with Gasteiger partial charge in [0.25, 0.3) is 0 Å². The topological polar surface area (TPSA) is 62.3 Å². The summed E-state index contributed by atoms with van der Waals surface area (Å²) in [5.74, 6) is 2.40. The highest BCUT2D eigenvalue weighted by Crippen LogP contribution is 2.35. The van der Waals surface area contributed by atoms with Crippen molar-refractivity contribution in [2.45, 2.75) is 26.7 Å². The normalized spacial score (nSPS) is 18.5. The first kappa shape index (κ1) is 21.0. The van der Waals surface area contributed by atoms with E-state index < -0.39 is 0 Å². The number of rotatable bonds is 4. The minimum Gasteiger partial charge on any atom is -0.381 e. The van der Waals surface area contributed by atoms with Crippen molar-refractivity contribution in [2.75, 3.05) is 43.1 Å². The van der Waals surface area contributed by atoms with Gasteiger partial charge in [-0.05, 0) is 56.0 Å². The molecule has 1 saturated heterocycles. The van der Waals surface area contributed by atoms with Crippen molar-refractivity contribution in [2.24, 2.45) is 0 Å². The van der Waals surface area contributed by atoms with Crippen LogP contribution in [-0.2, 0) is 4.74 Å². The van der Waals surface area contributed by atoms with Crippen LogP contribution < -0.4 is 15.5 Å². The maximum absolute atomic E-state index is 6.53. The van der Waals surface area contributed by atoms with Crippen LogP contribution in [0.1, 0.15) is 25.3 Å². The van der Waals surface area contributed by atoms with Gasteiger partial charge in [-0.15, -0.1) is 0 Å². The van der Waals surface area contributed by atoms with E-state index in [4.69, 9.17) is 26.3 Å². The largest absolute Gasteiger partial charge is 0.381 e. The fraction of sp³-hybridized carbons (Fsp3) is 0.360. The molecule has 166 valence electrons. The summed E-state index contributed by atoms with van der Waals surface area (Å²) < 4.78 is 5.57. The number of nitrogens with zero attached hydrogens (tertiary/aromatic N) is 3. The smallest absolute Gasteiger partial charge is 0.165 e. The first-order chi connectivity index (χ1) is 15.6. The van der Waals surface area contributed by atoms with Crippen molar-refractivity contribution >= 4 is 23.2 Å². The van der Waals surface area contributed by atoms with E-state index in [1.54, 1.807) is 0 Å². The van der Waals surface area contributed by atoms with Crippen LogP contribution in [0.15, 0.2) is 59.0 Å². The van der Waals surface area contributed by atoms with Crippen LogP contribution in [0.2, 0.25) is 5.02 Å². The Hall–Kier alpha value is -2.83. The minimum atomic E-state index is 0.634. The number of hydrogen-bond acceptors (Lipinski definition) is 6. The summed E-state index contributed by atoms with van der Waals surface area (Å²) in [7, 11) is 0. The third kappa shape index (κ3) is 4.00. The Balaban J connectivity index is 1.61. The van der Waals surface area contributed by atoms with Gasteiger partial charge in [0, 0.05) is 42.2 Å². The van der Waals surface area contributed by atoms with Gasteiger partial charge in [-0.1, -0.05) is 29.8 Å². The number of anilines is 2. The first-order valence-electron chi connectivity index (χ1n) is 11.2. The summed E-state index contributed by atoms with van der Waals surface area (Å²) >= 11 is 6.53. The molecule has 5 rings (SSSR count). The Morgan fingerprint density at radius 1 is 1.12 bits per heavy atom. The second-order valence-electron chi connectivity index (χ2n) is 8.39. The number of nitrogens with one attached hydrogen (secondary N) is 2. The molecule has 32 heavy (non-hydrogen) atoms. The molecule has 0 radical (unpaired) electrons. The third-order valence-corrected chi connectivity index (χ3v) is 6.56. The van der Waals surface area contributed by atoms with E-state index in [1.165, 1.54) is 22.5 Å². The number of allylic oxidation sites excluding steroid dienone is 3. The van der Waals surface area contributed by atoms with Gasteiger partial charge in [-0.25, -0.2) is 9.97 Å². The van der Waals surface area contributed by atoms with Crippen LogP contribution in [0, 0.1) is 6.92 Å². The zero-order valence-corrected chi connectivity index (χ0v) is 19.3. The molecule has 3 aliphatic rings. The molecule has 0 amide bonds. The van der Waals surface area contributed by atoms with Crippen molar-refractivity contribution in [1.82, 2.24) is 15.3 Å². The molecule has 0 unspecified atom stereocenters. The number of dihydropyridines is 1. The van der Waals surface area contributed by atoms with Crippen molar-refractivity contribution in [3.63, 3.8) is 0 Å². The van der Waals surface area contributed by atoms with Gasteiger partial charge in [0.2, 0.25) is 0 Å². The van der Waals surface area contributed by atoms with E-state index in [2.05, 4.69) is 41.5 Å². The van der Waals surface area contributed by atoms with E-state index in [0.29, 0.717) is 24.1 Å². The van der Waals surface area contributed by atoms with Crippen molar-refractivity contribution in [3.8, 4) is 11.4 Å². The molecule has 1 fully saturated rings. The number of morpholine rings is 1. The molecule has 2 aliphatic heterocycles. The molecule has 0 atom stereocenters. The fourth-order valence-corrected chi connectivity index (χ4v) is 4.66. The standard InChI is InChI=1S/C25H28ClN5O/c1-16-15-27-21-10-6-4-8-19(21)22(16)28-23-17(2)25(31-11-13-32-14-12-31)30-24(29-23)18-7-3-5-9-20(18)26/h3,5-7,9-10,27H,4,8,11-15H2,1-2H3,(H,28,29,30). The molecule has 1 aromatic heterocycles. The molecule has 7 heteroatoms. The van der Waals surface area contributed by atoms with Gasteiger partial charge in [-0.2, -0.15) is 0 Å². The van der Waals surface area contributed by atoms with Crippen molar-refractivity contribution in [1.29, 1.82) is 0 Å². The highest BCUT2D eigenvalue weighted by atomic mass is 35.5. The zero-order chi connectivity index (χ0) is 22.1. The molecular formula is C25H28ClN5O. The second kappa shape index (κ2) is 8.96. The number of ether oxygens (including phenoxy) is 1. The molecule has 2 N–H and O–H groups in total. The molecule has 0 saturated carbocycles. The summed E-state index contributed by atoms with van der Waals surface area (Å²) in [5.41, 5.74) is 6.85. The van der Waals surface area contributed by atoms with E-state index in [1.807, 2.05) is 24.3 Å². The maximum atomic E-state index is 6.53. The molecule has 1 aromatic carbocycles. The lowest BCUT2D eigenvalue weighted by molar-refractivity contribution is 0.122. The van der Waals surface area contributed by atoms with Crippen LogP contribution in [0.25, 0.3) is 11.4 Å². The molecule has 2 aromatic rings. The van der Waals surface area contributed by atoms with Crippen LogP contribution in [-0.4, -0.2) is 42.8 Å². The average Bonchev–Trinajstić information content (AvgIpc) is 2.83. The highest BCUT2D eigenvalue weighted by molar-refractivity contribution is 6.33. The predicted octanol–water partition coefficient (Wildman–Crippen LogP) is 4.84. The lowest BCUT2D eigenvalue weighted by atomic mass is 9.93. The summed E-state index contributed by atoms with van der Waals surface area (Å²) in [5, 5.41) is 7.88. The average molecular weight is 450 g/mol. The summed E-state index contributed by atoms with van der Waals surface area (Å²) in [6.07, 6.45) is 6.47. The Kier molecular flexibility index (Phi) is 5.89. The van der Waals surface area contributed by atoms with Crippen LogP contribution in [0.3, 0.4) is 0 Å².